The Morgan fingerprint density at radius 1 is 1.20 bits per heavy atom. The summed E-state index contributed by atoms with van der Waals surface area (Å²) in [6.07, 6.45) is 4.86. The number of aliphatic imine (C=N–C) groups is 1. The Labute approximate surface area is 178 Å². The molecule has 3 rings (SSSR count). The Morgan fingerprint density at radius 2 is 1.97 bits per heavy atom. The summed E-state index contributed by atoms with van der Waals surface area (Å²) in [4.78, 5) is 18.8. The molecule has 1 fully saturated rings. The summed E-state index contributed by atoms with van der Waals surface area (Å²) in [5.74, 6) is 0.958. The van der Waals surface area contributed by atoms with Crippen molar-refractivity contribution in [3.8, 4) is 0 Å². The molecule has 7 nitrogen and oxygen atoms in total. The molecule has 2 heterocycles. The predicted octanol–water partition coefficient (Wildman–Crippen LogP) is 3.23. The van der Waals surface area contributed by atoms with Crippen LogP contribution in [0.3, 0.4) is 0 Å². The van der Waals surface area contributed by atoms with Gasteiger partial charge in [0.05, 0.1) is 12.3 Å². The first-order valence-electron chi connectivity index (χ1n) is 10.7. The number of furan rings is 1. The monoisotopic (exact) mass is 411 g/mol. The van der Waals surface area contributed by atoms with E-state index in [2.05, 4.69) is 57.0 Å². The van der Waals surface area contributed by atoms with E-state index in [1.165, 1.54) is 30.4 Å². The number of hydrogen-bond acceptors (Lipinski definition) is 4. The average Bonchev–Trinajstić information content (AvgIpc) is 3.44. The third kappa shape index (κ3) is 5.78. The largest absolute Gasteiger partial charge is 0.459 e. The van der Waals surface area contributed by atoms with Crippen molar-refractivity contribution in [2.45, 2.75) is 39.2 Å². The van der Waals surface area contributed by atoms with E-state index < -0.39 is 0 Å². The predicted molar refractivity (Wildman–Crippen MR) is 121 cm³/mol. The van der Waals surface area contributed by atoms with Crippen LogP contribution >= 0.6 is 0 Å². The summed E-state index contributed by atoms with van der Waals surface area (Å²) < 4.78 is 5.21. The minimum absolute atomic E-state index is 0.139. The van der Waals surface area contributed by atoms with Crippen molar-refractivity contribution in [3.63, 3.8) is 0 Å². The molecule has 30 heavy (non-hydrogen) atoms. The first-order chi connectivity index (χ1) is 14.6. The van der Waals surface area contributed by atoms with Gasteiger partial charge in [0.1, 0.15) is 0 Å². The second kappa shape index (κ2) is 10.7. The fourth-order valence-corrected chi connectivity index (χ4v) is 3.63. The topological polar surface area (TPSA) is 81.9 Å². The number of hydrogen-bond donors (Lipinski definition) is 3. The highest BCUT2D eigenvalue weighted by atomic mass is 16.3. The zero-order valence-corrected chi connectivity index (χ0v) is 18.2. The number of anilines is 1. The molecule has 0 radical (unpaired) electrons. The zero-order chi connectivity index (χ0) is 21.3. The van der Waals surface area contributed by atoms with Gasteiger partial charge in [0, 0.05) is 44.5 Å². The first kappa shape index (κ1) is 21.7. The molecule has 1 aromatic carbocycles. The molecule has 1 aliphatic rings. The molecule has 162 valence electrons. The number of nitrogens with zero attached hydrogens (tertiary/aromatic N) is 2. The number of benzene rings is 1. The van der Waals surface area contributed by atoms with Crippen molar-refractivity contribution in [3.05, 3.63) is 53.5 Å². The van der Waals surface area contributed by atoms with Crippen LogP contribution in [0.4, 0.5) is 5.69 Å². The van der Waals surface area contributed by atoms with Crippen molar-refractivity contribution in [1.82, 2.24) is 16.0 Å². The van der Waals surface area contributed by atoms with E-state index >= 15 is 0 Å². The summed E-state index contributed by atoms with van der Waals surface area (Å²) >= 11 is 0. The molecule has 1 unspecified atom stereocenters. The molecule has 1 atom stereocenters. The Balaban J connectivity index is 1.41. The number of carbonyl (C=O) groups is 1. The second-order valence-electron chi connectivity index (χ2n) is 7.70. The van der Waals surface area contributed by atoms with Gasteiger partial charge >= 0.3 is 0 Å². The number of rotatable bonds is 8. The summed E-state index contributed by atoms with van der Waals surface area (Å²) in [6.45, 7) is 7.56. The van der Waals surface area contributed by atoms with Gasteiger partial charge < -0.3 is 25.3 Å². The van der Waals surface area contributed by atoms with Gasteiger partial charge in [-0.15, -0.1) is 0 Å². The van der Waals surface area contributed by atoms with Gasteiger partial charge in [-0.2, -0.15) is 0 Å². The number of aryl methyl sites for hydroxylation is 1. The van der Waals surface area contributed by atoms with E-state index in [-0.39, 0.29) is 11.9 Å². The molecule has 0 aliphatic carbocycles. The van der Waals surface area contributed by atoms with Gasteiger partial charge in [-0.05, 0) is 56.9 Å². The second-order valence-corrected chi connectivity index (χ2v) is 7.70. The van der Waals surface area contributed by atoms with E-state index in [0.29, 0.717) is 18.8 Å². The normalized spacial score (nSPS) is 15.2. The molecule has 1 amide bonds. The molecule has 7 heteroatoms. The van der Waals surface area contributed by atoms with Crippen LogP contribution in [-0.2, 0) is 0 Å². The number of carbonyl (C=O) groups excluding carboxylic acids is 1. The van der Waals surface area contributed by atoms with Crippen molar-refractivity contribution in [1.29, 1.82) is 0 Å². The molecule has 1 saturated heterocycles. The summed E-state index contributed by atoms with van der Waals surface area (Å²) in [6, 6.07) is 10.7. The van der Waals surface area contributed by atoms with Crippen LogP contribution < -0.4 is 20.9 Å². The maximum Gasteiger partial charge on any atom is 0.287 e. The molecule has 3 N–H and O–H groups in total. The van der Waals surface area contributed by atoms with Crippen LogP contribution in [0.5, 0.6) is 0 Å². The maximum atomic E-state index is 12.0. The molecular weight excluding hydrogens is 378 g/mol. The van der Waals surface area contributed by atoms with Crippen molar-refractivity contribution in [2.75, 3.05) is 38.1 Å². The quantitative estimate of drug-likeness (QED) is 0.353. The van der Waals surface area contributed by atoms with Gasteiger partial charge in [0.2, 0.25) is 0 Å². The zero-order valence-electron chi connectivity index (χ0n) is 18.2. The highest BCUT2D eigenvalue weighted by molar-refractivity contribution is 5.92. The lowest BCUT2D eigenvalue weighted by Crippen LogP contribution is -2.40. The van der Waals surface area contributed by atoms with Crippen molar-refractivity contribution in [2.24, 2.45) is 4.99 Å². The van der Waals surface area contributed by atoms with E-state index in [0.717, 1.165) is 31.0 Å². The van der Waals surface area contributed by atoms with Crippen LogP contribution in [0, 0.1) is 6.92 Å². The van der Waals surface area contributed by atoms with E-state index in [1.807, 2.05) is 6.92 Å². The number of guanidine groups is 1. The Hall–Kier alpha value is -2.96. The van der Waals surface area contributed by atoms with Gasteiger partial charge in [-0.3, -0.25) is 9.79 Å². The molecule has 0 bridgehead atoms. The van der Waals surface area contributed by atoms with Crippen molar-refractivity contribution < 1.29 is 9.21 Å². The lowest BCUT2D eigenvalue weighted by molar-refractivity contribution is 0.0925. The Bertz CT molecular complexity index is 855. The van der Waals surface area contributed by atoms with Gasteiger partial charge in [0.25, 0.3) is 5.91 Å². The van der Waals surface area contributed by atoms with Gasteiger partial charge in [-0.25, -0.2) is 0 Å². The van der Waals surface area contributed by atoms with Crippen LogP contribution in [-0.4, -0.2) is 45.1 Å². The smallest absolute Gasteiger partial charge is 0.287 e. The van der Waals surface area contributed by atoms with E-state index in [9.17, 15) is 4.79 Å². The number of amides is 1. The minimum atomic E-state index is -0.175. The average molecular weight is 412 g/mol. The first-order valence-corrected chi connectivity index (χ1v) is 10.7. The summed E-state index contributed by atoms with van der Waals surface area (Å²) in [5.41, 5.74) is 3.38. The SMILES string of the molecule is CN=C(NCCCNC(=O)c1occc1C)NC(C)c1cccc(N2CCCC2)c1. The molecule has 0 saturated carbocycles. The third-order valence-electron chi connectivity index (χ3n) is 5.42. The lowest BCUT2D eigenvalue weighted by atomic mass is 10.1. The fraction of sp³-hybridized carbons (Fsp3) is 0.478. The van der Waals surface area contributed by atoms with Crippen molar-refractivity contribution >= 4 is 17.6 Å². The van der Waals surface area contributed by atoms with E-state index in [1.54, 1.807) is 13.1 Å². The lowest BCUT2D eigenvalue weighted by Gasteiger charge is -2.22. The van der Waals surface area contributed by atoms with Crippen LogP contribution in [0.15, 0.2) is 46.0 Å². The van der Waals surface area contributed by atoms with Crippen LogP contribution in [0.1, 0.15) is 53.9 Å². The fourth-order valence-electron chi connectivity index (χ4n) is 3.63. The molecule has 1 aromatic heterocycles. The van der Waals surface area contributed by atoms with E-state index in [4.69, 9.17) is 4.42 Å². The third-order valence-corrected chi connectivity index (χ3v) is 5.42. The molecular formula is C23H33N5O2. The van der Waals surface area contributed by atoms with Crippen LogP contribution in [0.25, 0.3) is 0 Å². The molecule has 0 spiro atoms. The Kier molecular flexibility index (Phi) is 7.76. The maximum absolute atomic E-state index is 12.0. The standard InChI is InChI=1S/C23H33N5O2/c1-17-10-15-30-21(17)22(29)25-11-7-12-26-23(24-3)27-18(2)19-8-6-9-20(16-19)28-13-4-5-14-28/h6,8-10,15-16,18H,4-5,7,11-14H2,1-3H3,(H,25,29)(H2,24,26,27). The highest BCUT2D eigenvalue weighted by Crippen LogP contribution is 2.23. The number of nitrogens with one attached hydrogen (secondary N) is 3. The molecule has 1 aliphatic heterocycles. The minimum Gasteiger partial charge on any atom is -0.459 e. The Morgan fingerprint density at radius 3 is 2.67 bits per heavy atom. The van der Waals surface area contributed by atoms with Gasteiger partial charge in [0.15, 0.2) is 11.7 Å². The summed E-state index contributed by atoms with van der Waals surface area (Å²) in [7, 11) is 1.77. The van der Waals surface area contributed by atoms with Crippen LogP contribution in [0.2, 0.25) is 0 Å². The highest BCUT2D eigenvalue weighted by Gasteiger charge is 2.15. The molecule has 2 aromatic rings. The summed E-state index contributed by atoms with van der Waals surface area (Å²) in [5, 5.41) is 9.64. The van der Waals surface area contributed by atoms with Gasteiger partial charge in [-0.1, -0.05) is 12.1 Å².